The van der Waals surface area contributed by atoms with Gasteiger partial charge in [0.25, 0.3) is 0 Å². The van der Waals surface area contributed by atoms with Crippen LogP contribution in [0.25, 0.3) is 0 Å². The molecule has 0 aliphatic carbocycles. The third-order valence-corrected chi connectivity index (χ3v) is 3.11. The van der Waals surface area contributed by atoms with E-state index in [0.29, 0.717) is 13.2 Å². The Hall–Kier alpha value is -1.66. The van der Waals surface area contributed by atoms with Gasteiger partial charge in [-0.05, 0) is 28.1 Å². The summed E-state index contributed by atoms with van der Waals surface area (Å²) in [5.41, 5.74) is 0.962. The second-order valence-corrected chi connectivity index (χ2v) is 4.67. The largest absolute Gasteiger partial charge is 0.383 e. The van der Waals surface area contributed by atoms with Crippen LogP contribution in [-0.4, -0.2) is 30.2 Å². The molecule has 1 heterocycles. The van der Waals surface area contributed by atoms with E-state index < -0.39 is 0 Å². The summed E-state index contributed by atoms with van der Waals surface area (Å²) in [5.74, 6) is 1.50. The van der Waals surface area contributed by atoms with E-state index in [2.05, 4.69) is 36.5 Å². The smallest absolute Gasteiger partial charge is 0.135 e. The number of ether oxygens (including phenoxy) is 1. The third-order valence-electron chi connectivity index (χ3n) is 2.42. The summed E-state index contributed by atoms with van der Waals surface area (Å²) in [5, 5.41) is 6.39. The van der Waals surface area contributed by atoms with Crippen LogP contribution in [0.5, 0.6) is 0 Å². The van der Waals surface area contributed by atoms with Crippen molar-refractivity contribution in [1.82, 2.24) is 9.97 Å². The maximum atomic E-state index is 4.98. The van der Waals surface area contributed by atoms with Gasteiger partial charge in [-0.15, -0.1) is 0 Å². The van der Waals surface area contributed by atoms with Crippen molar-refractivity contribution in [1.29, 1.82) is 0 Å². The van der Waals surface area contributed by atoms with E-state index in [4.69, 9.17) is 4.74 Å². The molecule has 5 nitrogen and oxygen atoms in total. The van der Waals surface area contributed by atoms with Crippen LogP contribution in [0, 0.1) is 0 Å². The van der Waals surface area contributed by atoms with Crippen LogP contribution in [0.2, 0.25) is 0 Å². The fourth-order valence-corrected chi connectivity index (χ4v) is 1.89. The molecule has 6 heteroatoms. The highest BCUT2D eigenvalue weighted by Crippen LogP contribution is 2.24. The lowest BCUT2D eigenvalue weighted by molar-refractivity contribution is 0.210. The maximum Gasteiger partial charge on any atom is 0.135 e. The van der Waals surface area contributed by atoms with Crippen molar-refractivity contribution in [2.45, 2.75) is 0 Å². The normalized spacial score (nSPS) is 10.2. The van der Waals surface area contributed by atoms with Crippen molar-refractivity contribution in [2.24, 2.45) is 0 Å². The summed E-state index contributed by atoms with van der Waals surface area (Å²) < 4.78 is 5.97. The molecule has 0 aliphatic rings. The van der Waals surface area contributed by atoms with E-state index >= 15 is 0 Å². The van der Waals surface area contributed by atoms with Gasteiger partial charge < -0.3 is 15.4 Å². The van der Waals surface area contributed by atoms with Crippen molar-refractivity contribution in [3.05, 3.63) is 41.1 Å². The summed E-state index contributed by atoms with van der Waals surface area (Å²) in [7, 11) is 1.67. The number of methoxy groups -OCH3 is 1. The number of nitrogens with one attached hydrogen (secondary N) is 2. The van der Waals surface area contributed by atoms with Crippen LogP contribution >= 0.6 is 15.9 Å². The molecule has 2 aromatic rings. The average molecular weight is 323 g/mol. The first-order valence-electron chi connectivity index (χ1n) is 5.86. The molecular weight excluding hydrogens is 308 g/mol. The van der Waals surface area contributed by atoms with Crippen molar-refractivity contribution in [3.8, 4) is 0 Å². The Morgan fingerprint density at radius 2 is 2.00 bits per heavy atom. The monoisotopic (exact) mass is 322 g/mol. The minimum atomic E-state index is 0.636. The van der Waals surface area contributed by atoms with Crippen LogP contribution in [0.3, 0.4) is 0 Å². The number of hydrogen-bond donors (Lipinski definition) is 2. The molecule has 0 bridgehead atoms. The van der Waals surface area contributed by atoms with E-state index in [1.54, 1.807) is 7.11 Å². The first-order chi connectivity index (χ1) is 9.29. The first-order valence-corrected chi connectivity index (χ1v) is 6.65. The SMILES string of the molecule is COCCNc1cc(Nc2ccccc2Br)ncn1. The second-order valence-electron chi connectivity index (χ2n) is 3.81. The number of hydrogen-bond acceptors (Lipinski definition) is 5. The quantitative estimate of drug-likeness (QED) is 0.800. The van der Waals surface area contributed by atoms with Gasteiger partial charge in [0.15, 0.2) is 0 Å². The Kier molecular flexibility index (Phi) is 5.11. The number of benzene rings is 1. The highest BCUT2D eigenvalue weighted by atomic mass is 79.9. The molecule has 0 fully saturated rings. The predicted molar refractivity (Wildman–Crippen MR) is 79.8 cm³/mol. The molecule has 0 spiro atoms. The number of nitrogens with zero attached hydrogens (tertiary/aromatic N) is 2. The fourth-order valence-electron chi connectivity index (χ4n) is 1.50. The molecule has 0 saturated heterocycles. The zero-order valence-electron chi connectivity index (χ0n) is 10.6. The Labute approximate surface area is 120 Å². The van der Waals surface area contributed by atoms with Crippen molar-refractivity contribution in [2.75, 3.05) is 30.9 Å². The fraction of sp³-hybridized carbons (Fsp3) is 0.231. The Balaban J connectivity index is 2.05. The standard InChI is InChI=1S/C13H15BrN4O/c1-19-7-6-15-12-8-13(17-9-16-12)18-11-5-3-2-4-10(11)14/h2-5,8-9H,6-7H2,1H3,(H2,15,16,17,18). The Bertz CT molecular complexity index is 536. The molecule has 2 N–H and O–H groups in total. The van der Waals surface area contributed by atoms with Crippen molar-refractivity contribution < 1.29 is 4.74 Å². The molecule has 0 amide bonds. The zero-order chi connectivity index (χ0) is 13.5. The van der Waals surface area contributed by atoms with Crippen molar-refractivity contribution in [3.63, 3.8) is 0 Å². The molecule has 1 aromatic carbocycles. The van der Waals surface area contributed by atoms with Gasteiger partial charge in [0.2, 0.25) is 0 Å². The van der Waals surface area contributed by atoms with E-state index in [0.717, 1.165) is 21.8 Å². The van der Waals surface area contributed by atoms with Crippen LogP contribution in [0.15, 0.2) is 41.1 Å². The lowest BCUT2D eigenvalue weighted by atomic mass is 10.3. The summed E-state index contributed by atoms with van der Waals surface area (Å²) in [6.45, 7) is 1.35. The van der Waals surface area contributed by atoms with Gasteiger partial charge in [-0.25, -0.2) is 9.97 Å². The number of para-hydroxylation sites is 1. The molecular formula is C13H15BrN4O. The first kappa shape index (κ1) is 13.8. The van der Waals surface area contributed by atoms with Gasteiger partial charge in [0.1, 0.15) is 18.0 Å². The summed E-state index contributed by atoms with van der Waals surface area (Å²) in [6.07, 6.45) is 1.52. The average Bonchev–Trinajstić information content (AvgIpc) is 2.42. The Morgan fingerprint density at radius 1 is 1.21 bits per heavy atom. The second kappa shape index (κ2) is 7.06. The van der Waals surface area contributed by atoms with E-state index in [-0.39, 0.29) is 0 Å². The van der Waals surface area contributed by atoms with E-state index in [1.165, 1.54) is 6.33 Å². The zero-order valence-corrected chi connectivity index (χ0v) is 12.1. The highest BCUT2D eigenvalue weighted by Gasteiger charge is 2.01. The van der Waals surface area contributed by atoms with Gasteiger partial charge in [-0.1, -0.05) is 12.1 Å². The molecule has 0 saturated carbocycles. The van der Waals surface area contributed by atoms with Crippen LogP contribution in [0.1, 0.15) is 0 Å². The minimum absolute atomic E-state index is 0.636. The molecule has 0 atom stereocenters. The number of aromatic nitrogens is 2. The summed E-state index contributed by atoms with van der Waals surface area (Å²) >= 11 is 3.49. The number of rotatable bonds is 6. The summed E-state index contributed by atoms with van der Waals surface area (Å²) in [6, 6.07) is 9.74. The third kappa shape index (κ3) is 4.18. The molecule has 19 heavy (non-hydrogen) atoms. The van der Waals surface area contributed by atoms with Gasteiger partial charge in [0.05, 0.1) is 12.3 Å². The molecule has 1 aromatic heterocycles. The molecule has 100 valence electrons. The predicted octanol–water partition coefficient (Wildman–Crippen LogP) is 3.04. The minimum Gasteiger partial charge on any atom is -0.383 e. The molecule has 0 radical (unpaired) electrons. The maximum absolute atomic E-state index is 4.98. The Morgan fingerprint density at radius 3 is 2.79 bits per heavy atom. The lowest BCUT2D eigenvalue weighted by Crippen LogP contribution is -2.09. The van der Waals surface area contributed by atoms with E-state index in [9.17, 15) is 0 Å². The number of halogens is 1. The van der Waals surface area contributed by atoms with Gasteiger partial charge in [-0.3, -0.25) is 0 Å². The van der Waals surface area contributed by atoms with E-state index in [1.807, 2.05) is 30.3 Å². The lowest BCUT2D eigenvalue weighted by Gasteiger charge is -2.09. The van der Waals surface area contributed by atoms with Crippen molar-refractivity contribution >= 4 is 33.3 Å². The number of anilines is 3. The van der Waals surface area contributed by atoms with Crippen LogP contribution < -0.4 is 10.6 Å². The van der Waals surface area contributed by atoms with Gasteiger partial charge in [0, 0.05) is 24.2 Å². The highest BCUT2D eigenvalue weighted by molar-refractivity contribution is 9.10. The topological polar surface area (TPSA) is 59.1 Å². The van der Waals surface area contributed by atoms with Crippen LogP contribution in [0.4, 0.5) is 17.3 Å². The van der Waals surface area contributed by atoms with Gasteiger partial charge in [-0.2, -0.15) is 0 Å². The molecule has 2 rings (SSSR count). The van der Waals surface area contributed by atoms with Crippen LogP contribution in [-0.2, 0) is 4.74 Å². The summed E-state index contributed by atoms with van der Waals surface area (Å²) in [4.78, 5) is 8.34. The molecule has 0 aliphatic heterocycles. The van der Waals surface area contributed by atoms with Gasteiger partial charge >= 0.3 is 0 Å². The molecule has 0 unspecified atom stereocenters.